The number of nitrogens with zero attached hydrogens (tertiary/aromatic N) is 2. The van der Waals surface area contributed by atoms with Gasteiger partial charge in [-0.15, -0.1) is 0 Å². The molecule has 2 aromatic carbocycles. The van der Waals surface area contributed by atoms with Gasteiger partial charge in [-0.05, 0) is 62.1 Å². The molecule has 2 fully saturated rings. The van der Waals surface area contributed by atoms with E-state index in [1.165, 1.54) is 37.3 Å². The average Bonchev–Trinajstić information content (AvgIpc) is 3.27. The Hall–Kier alpha value is -3.59. The number of halogens is 1. The second-order valence-corrected chi connectivity index (χ2v) is 10.5. The molecule has 2 atom stereocenters. The predicted molar refractivity (Wildman–Crippen MR) is 136 cm³/mol. The number of H-pyrrole nitrogens is 1. The molecule has 9 heteroatoms. The molecule has 1 saturated heterocycles. The van der Waals surface area contributed by atoms with Gasteiger partial charge in [0.05, 0.1) is 7.11 Å². The summed E-state index contributed by atoms with van der Waals surface area (Å²) >= 11 is 0. The molecule has 6 rings (SSSR count). The first-order valence-corrected chi connectivity index (χ1v) is 12.9. The molecule has 0 unspecified atom stereocenters. The standard InChI is InChI=1S/C28H31FN4O4/c1-28-15-20-19-13-23(37-2)21(29)14-22(19)31-24(20)25(16-6-3-9-18(34)12-16)33(28)27(36)32(26(28)35)11-5-10-30-17-7-4-8-17/h3,6,9,12-14,17,25,30-31,34H,4-5,7-8,10-11,15H2,1-2H3/t25-,28+/m1/s1. The smallest absolute Gasteiger partial charge is 0.328 e. The number of urea groups is 1. The number of fused-ring (bicyclic) bond motifs is 4. The molecule has 1 aromatic heterocycles. The average molecular weight is 507 g/mol. The lowest BCUT2D eigenvalue weighted by Gasteiger charge is -2.42. The first-order valence-electron chi connectivity index (χ1n) is 12.9. The number of nitrogens with one attached hydrogen (secondary N) is 2. The summed E-state index contributed by atoms with van der Waals surface area (Å²) in [5.41, 5.74) is 1.66. The van der Waals surface area contributed by atoms with Crippen molar-refractivity contribution in [3.8, 4) is 11.5 Å². The Balaban J connectivity index is 1.42. The Morgan fingerprint density at radius 3 is 2.76 bits per heavy atom. The summed E-state index contributed by atoms with van der Waals surface area (Å²) in [7, 11) is 1.42. The summed E-state index contributed by atoms with van der Waals surface area (Å²) < 4.78 is 19.8. The summed E-state index contributed by atoms with van der Waals surface area (Å²) in [6.07, 6.45) is 4.57. The van der Waals surface area contributed by atoms with Crippen LogP contribution in [0.4, 0.5) is 9.18 Å². The monoisotopic (exact) mass is 506 g/mol. The molecular formula is C28H31FN4O4. The van der Waals surface area contributed by atoms with Crippen LogP contribution in [0, 0.1) is 5.82 Å². The molecule has 3 aliphatic rings. The number of hydrogen-bond donors (Lipinski definition) is 3. The van der Waals surface area contributed by atoms with E-state index in [4.69, 9.17) is 4.74 Å². The highest BCUT2D eigenvalue weighted by Crippen LogP contribution is 2.49. The number of carbonyl (C=O) groups excluding carboxylic acids is 2. The third-order valence-corrected chi connectivity index (χ3v) is 8.22. The van der Waals surface area contributed by atoms with Gasteiger partial charge in [-0.25, -0.2) is 9.18 Å². The summed E-state index contributed by atoms with van der Waals surface area (Å²) in [5, 5.41) is 14.5. The number of carbonyl (C=O) groups is 2. The van der Waals surface area contributed by atoms with Gasteiger partial charge in [0.15, 0.2) is 11.6 Å². The van der Waals surface area contributed by atoms with Crippen LogP contribution in [0.2, 0.25) is 0 Å². The van der Waals surface area contributed by atoms with Crippen molar-refractivity contribution in [3.63, 3.8) is 0 Å². The van der Waals surface area contributed by atoms with Crippen LogP contribution >= 0.6 is 0 Å². The lowest BCUT2D eigenvalue weighted by atomic mass is 9.81. The number of benzene rings is 2. The van der Waals surface area contributed by atoms with E-state index >= 15 is 0 Å². The largest absolute Gasteiger partial charge is 0.508 e. The van der Waals surface area contributed by atoms with Gasteiger partial charge in [-0.3, -0.25) is 14.6 Å². The first kappa shape index (κ1) is 23.8. The second-order valence-electron chi connectivity index (χ2n) is 10.5. The van der Waals surface area contributed by atoms with Crippen molar-refractivity contribution < 1.29 is 23.8 Å². The Morgan fingerprint density at radius 1 is 1.24 bits per heavy atom. The number of rotatable bonds is 7. The highest BCUT2D eigenvalue weighted by molar-refractivity contribution is 6.08. The molecule has 37 heavy (non-hydrogen) atoms. The normalized spacial score (nSPS) is 23.4. The third kappa shape index (κ3) is 3.67. The summed E-state index contributed by atoms with van der Waals surface area (Å²) in [6, 6.07) is 9.28. The van der Waals surface area contributed by atoms with Crippen molar-refractivity contribution in [3.05, 3.63) is 59.0 Å². The molecule has 3 N–H and O–H groups in total. The van der Waals surface area contributed by atoms with Crippen molar-refractivity contribution >= 4 is 22.8 Å². The van der Waals surface area contributed by atoms with Crippen LogP contribution in [-0.2, 0) is 11.2 Å². The molecule has 2 aliphatic heterocycles. The van der Waals surface area contributed by atoms with Gasteiger partial charge >= 0.3 is 6.03 Å². The van der Waals surface area contributed by atoms with Crippen molar-refractivity contribution in [1.82, 2.24) is 20.1 Å². The van der Waals surface area contributed by atoms with Crippen molar-refractivity contribution in [2.24, 2.45) is 0 Å². The van der Waals surface area contributed by atoms with E-state index in [0.29, 0.717) is 35.8 Å². The fourth-order valence-corrected chi connectivity index (χ4v) is 6.07. The first-order chi connectivity index (χ1) is 17.8. The maximum absolute atomic E-state index is 14.6. The summed E-state index contributed by atoms with van der Waals surface area (Å²) in [5.74, 6) is -0.555. The molecule has 0 bridgehead atoms. The molecule has 3 heterocycles. The third-order valence-electron chi connectivity index (χ3n) is 8.22. The zero-order valence-electron chi connectivity index (χ0n) is 21.0. The number of imide groups is 1. The van der Waals surface area contributed by atoms with Crippen molar-refractivity contribution in [2.75, 3.05) is 20.2 Å². The minimum absolute atomic E-state index is 0.0621. The van der Waals surface area contributed by atoms with E-state index < -0.39 is 17.4 Å². The zero-order valence-corrected chi connectivity index (χ0v) is 21.0. The van der Waals surface area contributed by atoms with E-state index in [0.717, 1.165) is 17.5 Å². The molecular weight excluding hydrogens is 475 g/mol. The van der Waals surface area contributed by atoms with Gasteiger partial charge < -0.3 is 20.1 Å². The van der Waals surface area contributed by atoms with Gasteiger partial charge in [0.2, 0.25) is 0 Å². The number of aromatic nitrogens is 1. The highest BCUT2D eigenvalue weighted by atomic mass is 19.1. The number of methoxy groups -OCH3 is 1. The number of ether oxygens (including phenoxy) is 1. The number of hydrogen-bond acceptors (Lipinski definition) is 5. The number of amides is 3. The predicted octanol–water partition coefficient (Wildman–Crippen LogP) is 4.22. The maximum Gasteiger partial charge on any atom is 0.328 e. The molecule has 0 radical (unpaired) electrons. The molecule has 1 aliphatic carbocycles. The highest BCUT2D eigenvalue weighted by Gasteiger charge is 2.60. The SMILES string of the molecule is COc1cc2c3c([nH]c2cc1F)[C@@H](c1cccc(O)c1)N1C(=O)N(CCCNC2CCC2)C(=O)[C@]1(C)C3. The number of phenolic OH excluding ortho intramolecular Hbond substituents is 1. The Bertz CT molecular complexity index is 1400. The van der Waals surface area contributed by atoms with E-state index in [-0.39, 0.29) is 29.9 Å². The Kier molecular flexibility index (Phi) is 5.63. The van der Waals surface area contributed by atoms with Crippen LogP contribution in [0.5, 0.6) is 11.5 Å². The van der Waals surface area contributed by atoms with Crippen LogP contribution in [-0.4, -0.2) is 63.6 Å². The van der Waals surface area contributed by atoms with Crippen LogP contribution in [0.25, 0.3) is 10.9 Å². The number of phenols is 1. The Morgan fingerprint density at radius 2 is 2.05 bits per heavy atom. The van der Waals surface area contributed by atoms with E-state index in [1.54, 1.807) is 36.1 Å². The topological polar surface area (TPSA) is 97.9 Å². The van der Waals surface area contributed by atoms with E-state index in [9.17, 15) is 19.1 Å². The van der Waals surface area contributed by atoms with Gasteiger partial charge in [0, 0.05) is 41.7 Å². The Labute approximate surface area is 214 Å². The second kappa shape index (κ2) is 8.76. The van der Waals surface area contributed by atoms with Gasteiger partial charge in [-0.1, -0.05) is 18.6 Å². The fraction of sp³-hybridized carbons (Fsp3) is 0.429. The van der Waals surface area contributed by atoms with E-state index in [1.807, 2.05) is 6.07 Å². The van der Waals surface area contributed by atoms with Crippen molar-refractivity contribution in [1.29, 1.82) is 0 Å². The molecule has 3 aromatic rings. The minimum Gasteiger partial charge on any atom is -0.508 e. The summed E-state index contributed by atoms with van der Waals surface area (Å²) in [6.45, 7) is 2.89. The molecule has 0 spiro atoms. The lowest BCUT2D eigenvalue weighted by Crippen LogP contribution is -2.53. The molecule has 3 amide bonds. The maximum atomic E-state index is 14.6. The van der Waals surface area contributed by atoms with Crippen molar-refractivity contribution in [2.45, 2.75) is 56.7 Å². The van der Waals surface area contributed by atoms with Crippen LogP contribution in [0.15, 0.2) is 36.4 Å². The zero-order chi connectivity index (χ0) is 25.9. The quantitative estimate of drug-likeness (QED) is 0.329. The minimum atomic E-state index is -1.13. The van der Waals surface area contributed by atoms with Gasteiger partial charge in [0.1, 0.15) is 17.3 Å². The molecule has 1 saturated carbocycles. The molecule has 8 nitrogen and oxygen atoms in total. The molecule has 194 valence electrons. The van der Waals surface area contributed by atoms with Crippen LogP contribution in [0.3, 0.4) is 0 Å². The van der Waals surface area contributed by atoms with Crippen LogP contribution < -0.4 is 10.1 Å². The van der Waals surface area contributed by atoms with Gasteiger partial charge in [-0.2, -0.15) is 0 Å². The summed E-state index contributed by atoms with van der Waals surface area (Å²) in [4.78, 5) is 34.0. The lowest BCUT2D eigenvalue weighted by molar-refractivity contribution is -0.133. The van der Waals surface area contributed by atoms with Gasteiger partial charge in [0.25, 0.3) is 5.91 Å². The number of aromatic amines is 1. The number of aromatic hydroxyl groups is 1. The fourth-order valence-electron chi connectivity index (χ4n) is 6.07. The van der Waals surface area contributed by atoms with Crippen LogP contribution in [0.1, 0.15) is 55.5 Å². The van der Waals surface area contributed by atoms with E-state index in [2.05, 4.69) is 10.3 Å².